The lowest BCUT2D eigenvalue weighted by Gasteiger charge is -1.90. The fourth-order valence-corrected chi connectivity index (χ4v) is 0.477. The molecule has 1 aromatic carbocycles. The molecule has 8 heteroatoms. The fraction of sp³-hybridized carbons (Fsp3) is 0. The predicted molar refractivity (Wildman–Crippen MR) is 43.7 cm³/mol. The van der Waals surface area contributed by atoms with Gasteiger partial charge in [0, 0.05) is 10.7 Å². The first-order valence-corrected chi connectivity index (χ1v) is 5.25. The first-order chi connectivity index (χ1) is 6.22. The summed E-state index contributed by atoms with van der Waals surface area (Å²) < 4.78 is 61.1. The van der Waals surface area contributed by atoms with Crippen LogP contribution >= 0.6 is 10.7 Å². The zero-order valence-corrected chi connectivity index (χ0v) is 7.99. The van der Waals surface area contributed by atoms with Gasteiger partial charge in [0.25, 0.3) is 0 Å². The third kappa shape index (κ3) is 6.70. The highest BCUT2D eigenvalue weighted by Crippen LogP contribution is 2.07. The van der Waals surface area contributed by atoms with Crippen molar-refractivity contribution < 1.29 is 26.1 Å². The Morgan fingerprint density at radius 3 is 1.64 bits per heavy atom. The zero-order valence-electron chi connectivity index (χ0n) is 6.42. The Morgan fingerprint density at radius 2 is 1.43 bits per heavy atom. The number of halogens is 4. The molecule has 80 valence electrons. The van der Waals surface area contributed by atoms with Crippen LogP contribution in [0.5, 0.6) is 0 Å². The molecule has 0 aliphatic heterocycles. The average molecular weight is 249 g/mol. The molecule has 14 heavy (non-hydrogen) atoms. The monoisotopic (exact) mass is 248 g/mol. The lowest BCUT2D eigenvalue weighted by atomic mass is 10.3. The molecule has 0 unspecified atom stereocenters. The van der Waals surface area contributed by atoms with Gasteiger partial charge in [0.1, 0.15) is 0 Å². The molecule has 1 aromatic rings. The topological polar surface area (TPSA) is 54.4 Å². The minimum absolute atomic E-state index is 0.860. The molecule has 0 atom stereocenters. The summed E-state index contributed by atoms with van der Waals surface area (Å²) in [6.07, 6.45) is 0. The van der Waals surface area contributed by atoms with Gasteiger partial charge in [-0.15, -0.1) is 0 Å². The molecule has 0 aromatic heterocycles. The quantitative estimate of drug-likeness (QED) is 0.435. The summed E-state index contributed by atoms with van der Waals surface area (Å²) in [5.41, 5.74) is 0. The van der Waals surface area contributed by atoms with E-state index in [9.17, 15) is 13.2 Å². The van der Waals surface area contributed by atoms with Gasteiger partial charge < -0.3 is 0 Å². The van der Waals surface area contributed by atoms with Gasteiger partial charge >= 0.3 is 9.33 Å². The van der Waals surface area contributed by atoms with Crippen molar-refractivity contribution >= 4 is 20.0 Å². The Labute approximate surface area is 82.4 Å². The maximum absolute atomic E-state index is 12.0. The van der Waals surface area contributed by atoms with E-state index >= 15 is 0 Å². The van der Waals surface area contributed by atoms with Gasteiger partial charge in [-0.05, 0) is 12.1 Å². The van der Waals surface area contributed by atoms with Crippen LogP contribution in [0.15, 0.2) is 18.2 Å². The zero-order chi connectivity index (χ0) is 11.4. The van der Waals surface area contributed by atoms with E-state index in [4.69, 9.17) is 13.0 Å². The standard InChI is InChI=1S/C6H3F3.ClHO3S/c7-4-2-1-3-5(8)6(4)9;1-5(2,3)4/h1-3H;(H,2,3,4). The van der Waals surface area contributed by atoms with E-state index in [1.807, 2.05) is 0 Å². The van der Waals surface area contributed by atoms with Crippen LogP contribution in [0.2, 0.25) is 0 Å². The van der Waals surface area contributed by atoms with Gasteiger partial charge in [0.05, 0.1) is 0 Å². The summed E-state index contributed by atoms with van der Waals surface area (Å²) in [4.78, 5) is 0. The van der Waals surface area contributed by atoms with Crippen molar-refractivity contribution in [1.82, 2.24) is 0 Å². The van der Waals surface area contributed by atoms with E-state index < -0.39 is 26.8 Å². The van der Waals surface area contributed by atoms with Crippen molar-refractivity contribution in [3.05, 3.63) is 35.7 Å². The normalized spacial score (nSPS) is 10.4. The lowest BCUT2D eigenvalue weighted by molar-refractivity contribution is 0.447. The minimum atomic E-state index is -4.19. The highest BCUT2D eigenvalue weighted by molar-refractivity contribution is 8.09. The summed E-state index contributed by atoms with van der Waals surface area (Å²) in [5, 5.41) is 0. The average Bonchev–Trinajstić information content (AvgIpc) is 1.97. The van der Waals surface area contributed by atoms with Crippen molar-refractivity contribution in [2.24, 2.45) is 0 Å². The summed E-state index contributed by atoms with van der Waals surface area (Å²) in [6.45, 7) is 0. The highest BCUT2D eigenvalue weighted by Gasteiger charge is 2.04. The molecule has 0 aliphatic carbocycles. The van der Waals surface area contributed by atoms with Crippen LogP contribution in [0, 0.1) is 17.5 Å². The first kappa shape index (κ1) is 13.2. The Kier molecular flexibility index (Phi) is 4.89. The van der Waals surface area contributed by atoms with Gasteiger partial charge in [-0.1, -0.05) is 6.07 Å². The molecule has 0 saturated heterocycles. The van der Waals surface area contributed by atoms with Gasteiger partial charge in [-0.25, -0.2) is 13.2 Å². The molecule has 0 amide bonds. The van der Waals surface area contributed by atoms with Crippen LogP contribution in [0.4, 0.5) is 13.2 Å². The third-order valence-electron chi connectivity index (χ3n) is 0.904. The van der Waals surface area contributed by atoms with Crippen molar-refractivity contribution in [2.75, 3.05) is 0 Å². The second-order valence-electron chi connectivity index (χ2n) is 1.95. The number of hydrogen-bond donors (Lipinski definition) is 1. The number of rotatable bonds is 0. The largest absolute Gasteiger partial charge is 0.353 e. The van der Waals surface area contributed by atoms with Gasteiger partial charge in [0.2, 0.25) is 0 Å². The summed E-state index contributed by atoms with van der Waals surface area (Å²) in [6, 6.07) is 2.82. The van der Waals surface area contributed by atoms with E-state index in [1.54, 1.807) is 0 Å². The second kappa shape index (κ2) is 5.18. The Balaban J connectivity index is 0.000000292. The molecule has 0 saturated carbocycles. The molecule has 0 aliphatic rings. The third-order valence-corrected chi connectivity index (χ3v) is 0.904. The van der Waals surface area contributed by atoms with Crippen LogP contribution in [0.25, 0.3) is 0 Å². The smallest absolute Gasteiger partial charge is 0.273 e. The van der Waals surface area contributed by atoms with Gasteiger partial charge in [-0.2, -0.15) is 8.42 Å². The Morgan fingerprint density at radius 1 is 1.14 bits per heavy atom. The predicted octanol–water partition coefficient (Wildman–Crippen LogP) is 2.13. The first-order valence-electron chi connectivity index (χ1n) is 2.98. The molecular formula is C6H4ClF3O3S. The van der Waals surface area contributed by atoms with Crippen LogP contribution in [0.1, 0.15) is 0 Å². The SMILES string of the molecule is Fc1cccc(F)c1F.O=S(=O)(O)Cl. The van der Waals surface area contributed by atoms with Crippen molar-refractivity contribution in [3.63, 3.8) is 0 Å². The van der Waals surface area contributed by atoms with Crippen LogP contribution < -0.4 is 0 Å². The van der Waals surface area contributed by atoms with Gasteiger partial charge in [-0.3, -0.25) is 4.55 Å². The lowest BCUT2D eigenvalue weighted by Crippen LogP contribution is -1.86. The number of benzene rings is 1. The summed E-state index contributed by atoms with van der Waals surface area (Å²) >= 11 is 0. The van der Waals surface area contributed by atoms with E-state index in [0.29, 0.717) is 0 Å². The van der Waals surface area contributed by atoms with E-state index in [2.05, 4.69) is 10.7 Å². The number of hydrogen-bond acceptors (Lipinski definition) is 2. The maximum Gasteiger partial charge on any atom is 0.353 e. The second-order valence-corrected chi connectivity index (χ2v) is 3.94. The van der Waals surface area contributed by atoms with Gasteiger partial charge in [0.15, 0.2) is 17.5 Å². The summed E-state index contributed by atoms with van der Waals surface area (Å²) in [5.74, 6) is -3.73. The molecule has 0 fully saturated rings. The van der Waals surface area contributed by atoms with Crippen LogP contribution in [-0.2, 0) is 9.33 Å². The molecule has 0 spiro atoms. The van der Waals surface area contributed by atoms with Crippen molar-refractivity contribution in [2.45, 2.75) is 0 Å². The molecule has 1 rings (SSSR count). The van der Waals surface area contributed by atoms with Crippen LogP contribution in [0.3, 0.4) is 0 Å². The molecule has 0 bridgehead atoms. The molecule has 0 heterocycles. The molecule has 0 radical (unpaired) electrons. The van der Waals surface area contributed by atoms with E-state index in [-0.39, 0.29) is 0 Å². The molecule has 3 nitrogen and oxygen atoms in total. The van der Waals surface area contributed by atoms with Crippen molar-refractivity contribution in [1.29, 1.82) is 0 Å². The maximum atomic E-state index is 12.0. The van der Waals surface area contributed by atoms with E-state index in [0.717, 1.165) is 18.2 Å². The fourth-order valence-electron chi connectivity index (χ4n) is 0.477. The highest BCUT2D eigenvalue weighted by atomic mass is 35.7. The van der Waals surface area contributed by atoms with E-state index in [1.165, 1.54) is 0 Å². The Hall–Kier alpha value is -0.790. The Bertz CT molecular complexity index is 379. The van der Waals surface area contributed by atoms with Crippen molar-refractivity contribution in [3.8, 4) is 0 Å². The van der Waals surface area contributed by atoms with Crippen LogP contribution in [-0.4, -0.2) is 13.0 Å². The molecular weight excluding hydrogens is 245 g/mol. The summed E-state index contributed by atoms with van der Waals surface area (Å²) in [7, 11) is -0.137. The molecule has 1 N–H and O–H groups in total. The minimum Gasteiger partial charge on any atom is -0.273 e.